The molecule has 1 fully saturated rings. The van der Waals surface area contributed by atoms with Crippen molar-refractivity contribution in [1.29, 1.82) is 0 Å². The summed E-state index contributed by atoms with van der Waals surface area (Å²) in [7, 11) is 4.00. The highest BCUT2D eigenvalue weighted by Crippen LogP contribution is 2.20. The number of aryl methyl sites for hydroxylation is 1. The zero-order chi connectivity index (χ0) is 13.9. The fourth-order valence-electron chi connectivity index (χ4n) is 2.24. The van der Waals surface area contributed by atoms with E-state index in [1.54, 1.807) is 0 Å². The van der Waals surface area contributed by atoms with Gasteiger partial charge in [0.1, 0.15) is 5.82 Å². The van der Waals surface area contributed by atoms with Crippen LogP contribution in [0.15, 0.2) is 30.7 Å². The first kappa shape index (κ1) is 13.1. The van der Waals surface area contributed by atoms with Gasteiger partial charge in [-0.05, 0) is 30.5 Å². The smallest absolute Gasteiger partial charge is 0.128 e. The number of nitrogens with zero attached hydrogens (tertiary/aromatic N) is 4. The molecule has 2 aromatic rings. The second-order valence-corrected chi connectivity index (χ2v) is 5.56. The van der Waals surface area contributed by atoms with E-state index < -0.39 is 0 Å². The van der Waals surface area contributed by atoms with E-state index in [4.69, 9.17) is 0 Å². The van der Waals surface area contributed by atoms with Crippen molar-refractivity contribution in [3.63, 3.8) is 0 Å². The normalized spacial score (nSPS) is 14.5. The Morgan fingerprint density at radius 3 is 2.95 bits per heavy atom. The Labute approximate surface area is 119 Å². The third-order valence-corrected chi connectivity index (χ3v) is 3.55. The molecule has 1 N–H and O–H groups in total. The third-order valence-electron chi connectivity index (χ3n) is 3.55. The first-order valence-electron chi connectivity index (χ1n) is 7.08. The molecule has 3 rings (SSSR count). The monoisotopic (exact) mass is 271 g/mol. The van der Waals surface area contributed by atoms with E-state index in [0.29, 0.717) is 0 Å². The van der Waals surface area contributed by atoms with Gasteiger partial charge in [0.2, 0.25) is 0 Å². The second-order valence-electron chi connectivity index (χ2n) is 5.56. The SMILES string of the molecule is CN(Cc1cnn(C)c1)c1cc(CNC2CC2)ccn1. The zero-order valence-corrected chi connectivity index (χ0v) is 12.1. The quantitative estimate of drug-likeness (QED) is 0.868. The summed E-state index contributed by atoms with van der Waals surface area (Å²) < 4.78 is 1.83. The summed E-state index contributed by atoms with van der Waals surface area (Å²) >= 11 is 0. The fourth-order valence-corrected chi connectivity index (χ4v) is 2.24. The maximum atomic E-state index is 4.46. The van der Waals surface area contributed by atoms with Crippen molar-refractivity contribution in [2.45, 2.75) is 32.0 Å². The Kier molecular flexibility index (Phi) is 3.69. The van der Waals surface area contributed by atoms with Gasteiger partial charge in [-0.15, -0.1) is 0 Å². The van der Waals surface area contributed by atoms with E-state index in [9.17, 15) is 0 Å². The number of hydrogen-bond donors (Lipinski definition) is 1. The van der Waals surface area contributed by atoms with E-state index in [2.05, 4.69) is 39.5 Å². The highest BCUT2D eigenvalue weighted by atomic mass is 15.2. The van der Waals surface area contributed by atoms with E-state index >= 15 is 0 Å². The molecule has 1 saturated carbocycles. The molecule has 5 heteroatoms. The van der Waals surface area contributed by atoms with E-state index in [-0.39, 0.29) is 0 Å². The van der Waals surface area contributed by atoms with E-state index in [1.165, 1.54) is 24.0 Å². The number of aromatic nitrogens is 3. The molecule has 1 aliphatic carbocycles. The molecule has 106 valence electrons. The lowest BCUT2D eigenvalue weighted by molar-refractivity contribution is 0.686. The lowest BCUT2D eigenvalue weighted by Crippen LogP contribution is -2.19. The van der Waals surface area contributed by atoms with Crippen molar-refractivity contribution < 1.29 is 0 Å². The van der Waals surface area contributed by atoms with Crippen LogP contribution < -0.4 is 10.2 Å². The summed E-state index contributed by atoms with van der Waals surface area (Å²) in [6, 6.07) is 4.97. The van der Waals surface area contributed by atoms with Crippen LogP contribution in [-0.4, -0.2) is 27.9 Å². The molecular formula is C15H21N5. The summed E-state index contributed by atoms with van der Waals surface area (Å²) in [4.78, 5) is 6.61. The molecule has 0 amide bonds. The minimum absolute atomic E-state index is 0.736. The molecule has 1 aliphatic rings. The molecule has 0 unspecified atom stereocenters. The van der Waals surface area contributed by atoms with E-state index in [1.807, 2.05) is 30.3 Å². The van der Waals surface area contributed by atoms with Crippen LogP contribution in [0, 0.1) is 0 Å². The van der Waals surface area contributed by atoms with Gasteiger partial charge in [-0.25, -0.2) is 4.98 Å². The van der Waals surface area contributed by atoms with Gasteiger partial charge >= 0.3 is 0 Å². The Balaban J connectivity index is 1.63. The van der Waals surface area contributed by atoms with Crippen molar-refractivity contribution in [2.24, 2.45) is 7.05 Å². The summed E-state index contributed by atoms with van der Waals surface area (Å²) in [5.41, 5.74) is 2.48. The van der Waals surface area contributed by atoms with Crippen molar-refractivity contribution in [1.82, 2.24) is 20.1 Å². The van der Waals surface area contributed by atoms with Gasteiger partial charge in [0, 0.05) is 51.2 Å². The first-order chi connectivity index (χ1) is 9.70. The molecule has 0 aromatic carbocycles. The predicted octanol–water partition coefficient (Wildman–Crippen LogP) is 1.70. The van der Waals surface area contributed by atoms with Gasteiger partial charge < -0.3 is 10.2 Å². The molecular weight excluding hydrogens is 250 g/mol. The van der Waals surface area contributed by atoms with Crippen molar-refractivity contribution in [2.75, 3.05) is 11.9 Å². The average Bonchev–Trinajstić information content (AvgIpc) is 3.19. The van der Waals surface area contributed by atoms with Crippen molar-refractivity contribution in [3.8, 4) is 0 Å². The van der Waals surface area contributed by atoms with Crippen LogP contribution in [-0.2, 0) is 20.1 Å². The van der Waals surface area contributed by atoms with Crippen LogP contribution in [0.5, 0.6) is 0 Å². The van der Waals surface area contributed by atoms with Crippen LogP contribution in [0.1, 0.15) is 24.0 Å². The summed E-state index contributed by atoms with van der Waals surface area (Å²) in [6.45, 7) is 1.75. The zero-order valence-electron chi connectivity index (χ0n) is 12.1. The molecule has 0 spiro atoms. The number of hydrogen-bond acceptors (Lipinski definition) is 4. The molecule has 5 nitrogen and oxygen atoms in total. The van der Waals surface area contributed by atoms with E-state index in [0.717, 1.165) is 24.9 Å². The van der Waals surface area contributed by atoms with Crippen LogP contribution in [0.3, 0.4) is 0 Å². The maximum Gasteiger partial charge on any atom is 0.128 e. The first-order valence-corrected chi connectivity index (χ1v) is 7.08. The highest BCUT2D eigenvalue weighted by Gasteiger charge is 2.20. The van der Waals surface area contributed by atoms with Crippen LogP contribution >= 0.6 is 0 Å². The van der Waals surface area contributed by atoms with Crippen molar-refractivity contribution in [3.05, 3.63) is 41.9 Å². The molecule has 0 bridgehead atoms. The Morgan fingerprint density at radius 1 is 1.40 bits per heavy atom. The number of nitrogens with one attached hydrogen (secondary N) is 1. The van der Waals surface area contributed by atoms with Crippen molar-refractivity contribution >= 4 is 5.82 Å². The van der Waals surface area contributed by atoms with Crippen LogP contribution in [0.25, 0.3) is 0 Å². The molecule has 0 saturated heterocycles. The molecule has 0 radical (unpaired) electrons. The number of anilines is 1. The van der Waals surface area contributed by atoms with Gasteiger partial charge in [0.15, 0.2) is 0 Å². The van der Waals surface area contributed by atoms with Gasteiger partial charge in [-0.3, -0.25) is 4.68 Å². The largest absolute Gasteiger partial charge is 0.355 e. The fraction of sp³-hybridized carbons (Fsp3) is 0.467. The summed E-state index contributed by atoms with van der Waals surface area (Å²) in [5.74, 6) is 1.00. The third kappa shape index (κ3) is 3.36. The number of pyridine rings is 1. The van der Waals surface area contributed by atoms with Crippen LogP contribution in [0.2, 0.25) is 0 Å². The molecule has 20 heavy (non-hydrogen) atoms. The standard InChI is InChI=1S/C15H21N5/c1-19(10-13-9-18-20(2)11-13)15-7-12(5-6-16-15)8-17-14-3-4-14/h5-7,9,11,14,17H,3-4,8,10H2,1-2H3. The van der Waals surface area contributed by atoms with Gasteiger partial charge in [0.25, 0.3) is 0 Å². The molecule has 0 aliphatic heterocycles. The second kappa shape index (κ2) is 5.63. The van der Waals surface area contributed by atoms with Crippen LogP contribution in [0.4, 0.5) is 5.82 Å². The Morgan fingerprint density at radius 2 is 2.25 bits per heavy atom. The Hall–Kier alpha value is -1.88. The van der Waals surface area contributed by atoms with Gasteiger partial charge in [-0.1, -0.05) is 0 Å². The highest BCUT2D eigenvalue weighted by molar-refractivity contribution is 5.40. The number of rotatable bonds is 6. The average molecular weight is 271 g/mol. The molecule has 0 atom stereocenters. The minimum atomic E-state index is 0.736. The maximum absolute atomic E-state index is 4.46. The predicted molar refractivity (Wildman–Crippen MR) is 79.4 cm³/mol. The topological polar surface area (TPSA) is 46.0 Å². The summed E-state index contributed by atoms with van der Waals surface area (Å²) in [6.07, 6.45) is 8.46. The summed E-state index contributed by atoms with van der Waals surface area (Å²) in [5, 5.41) is 7.73. The minimum Gasteiger partial charge on any atom is -0.355 e. The van der Waals surface area contributed by atoms with Gasteiger partial charge in [0.05, 0.1) is 6.20 Å². The lowest BCUT2D eigenvalue weighted by Gasteiger charge is -2.18. The van der Waals surface area contributed by atoms with Gasteiger partial charge in [-0.2, -0.15) is 5.10 Å². The molecule has 2 aromatic heterocycles. The Bertz CT molecular complexity index is 573. The lowest BCUT2D eigenvalue weighted by atomic mass is 10.2. The molecule has 2 heterocycles.